The Balaban J connectivity index is 2.23. The molecule has 2 rings (SSSR count). The van der Waals surface area contributed by atoms with Gasteiger partial charge in [-0.15, -0.1) is 0 Å². The first-order valence-electron chi connectivity index (χ1n) is 6.85. The van der Waals surface area contributed by atoms with Crippen LogP contribution in [0.25, 0.3) is 0 Å². The number of aryl methyl sites for hydroxylation is 1. The van der Waals surface area contributed by atoms with E-state index < -0.39 is 5.41 Å². The van der Waals surface area contributed by atoms with Gasteiger partial charge < -0.3 is 10.1 Å². The fourth-order valence-electron chi connectivity index (χ4n) is 2.37. The van der Waals surface area contributed by atoms with Crippen LogP contribution in [0.4, 0.5) is 0 Å². The van der Waals surface area contributed by atoms with Gasteiger partial charge in [-0.1, -0.05) is 26.8 Å². The maximum absolute atomic E-state index is 12.1. The van der Waals surface area contributed by atoms with E-state index in [1.54, 1.807) is 6.07 Å². The molecule has 1 atom stereocenters. The standard InChI is InChI=1S/C16H21NO3/c1-16(2,3)15(19)17-13-8-7-10-5-6-11(9-12(10)13)14(18)20-4/h5-6,9,13H,7-8H2,1-4H3,(H,17,19). The summed E-state index contributed by atoms with van der Waals surface area (Å²) in [6.45, 7) is 5.68. The third-order valence-corrected chi connectivity index (χ3v) is 3.63. The number of amides is 1. The zero-order valence-electron chi connectivity index (χ0n) is 12.4. The summed E-state index contributed by atoms with van der Waals surface area (Å²) < 4.78 is 4.74. The molecule has 0 aliphatic heterocycles. The van der Waals surface area contributed by atoms with E-state index in [1.165, 1.54) is 12.7 Å². The van der Waals surface area contributed by atoms with Crippen LogP contribution in [0.3, 0.4) is 0 Å². The monoisotopic (exact) mass is 275 g/mol. The summed E-state index contributed by atoms with van der Waals surface area (Å²) in [4.78, 5) is 23.7. The van der Waals surface area contributed by atoms with E-state index in [1.807, 2.05) is 32.9 Å². The molecule has 0 radical (unpaired) electrons. The van der Waals surface area contributed by atoms with Gasteiger partial charge in [0, 0.05) is 5.41 Å². The molecule has 0 bridgehead atoms. The Kier molecular flexibility index (Phi) is 3.84. The number of esters is 1. The van der Waals surface area contributed by atoms with Crippen molar-refractivity contribution in [2.45, 2.75) is 39.7 Å². The van der Waals surface area contributed by atoms with Gasteiger partial charge in [0.05, 0.1) is 18.7 Å². The lowest BCUT2D eigenvalue weighted by molar-refractivity contribution is -0.129. The van der Waals surface area contributed by atoms with Crippen LogP contribution in [0.1, 0.15) is 54.7 Å². The lowest BCUT2D eigenvalue weighted by Crippen LogP contribution is -2.36. The van der Waals surface area contributed by atoms with Gasteiger partial charge in [0.2, 0.25) is 5.91 Å². The quantitative estimate of drug-likeness (QED) is 0.844. The third kappa shape index (κ3) is 2.84. The van der Waals surface area contributed by atoms with Crippen LogP contribution in [-0.4, -0.2) is 19.0 Å². The van der Waals surface area contributed by atoms with Crippen LogP contribution < -0.4 is 5.32 Å². The number of nitrogens with one attached hydrogen (secondary N) is 1. The van der Waals surface area contributed by atoms with E-state index >= 15 is 0 Å². The predicted molar refractivity (Wildman–Crippen MR) is 76.4 cm³/mol. The second kappa shape index (κ2) is 5.27. The average Bonchev–Trinajstić information content (AvgIpc) is 2.79. The number of hydrogen-bond acceptors (Lipinski definition) is 3. The fourth-order valence-corrected chi connectivity index (χ4v) is 2.37. The fraction of sp³-hybridized carbons (Fsp3) is 0.500. The molecule has 0 fully saturated rings. The minimum Gasteiger partial charge on any atom is -0.465 e. The Morgan fingerprint density at radius 1 is 1.30 bits per heavy atom. The lowest BCUT2D eigenvalue weighted by atomic mass is 9.94. The SMILES string of the molecule is COC(=O)c1ccc2c(c1)C(NC(=O)C(C)(C)C)CC2. The van der Waals surface area contributed by atoms with Crippen LogP contribution in [0.2, 0.25) is 0 Å². The van der Waals surface area contributed by atoms with E-state index in [2.05, 4.69) is 5.32 Å². The molecule has 20 heavy (non-hydrogen) atoms. The number of carbonyl (C=O) groups excluding carboxylic acids is 2. The Morgan fingerprint density at radius 3 is 2.60 bits per heavy atom. The van der Waals surface area contributed by atoms with Crippen molar-refractivity contribution in [1.82, 2.24) is 5.32 Å². The van der Waals surface area contributed by atoms with Crippen LogP contribution in [-0.2, 0) is 16.0 Å². The summed E-state index contributed by atoms with van der Waals surface area (Å²) in [6.07, 6.45) is 1.80. The molecule has 1 unspecified atom stereocenters. The Labute approximate surface area is 119 Å². The number of ether oxygens (including phenoxy) is 1. The van der Waals surface area contributed by atoms with Crippen molar-refractivity contribution in [3.05, 3.63) is 34.9 Å². The van der Waals surface area contributed by atoms with Gasteiger partial charge in [-0.2, -0.15) is 0 Å². The lowest BCUT2D eigenvalue weighted by Gasteiger charge is -2.22. The molecule has 1 amide bonds. The first-order chi connectivity index (χ1) is 9.32. The highest BCUT2D eigenvalue weighted by atomic mass is 16.5. The molecule has 1 aliphatic carbocycles. The second-order valence-corrected chi connectivity index (χ2v) is 6.22. The maximum Gasteiger partial charge on any atom is 0.337 e. The van der Waals surface area contributed by atoms with E-state index in [-0.39, 0.29) is 17.9 Å². The third-order valence-electron chi connectivity index (χ3n) is 3.63. The molecule has 0 spiro atoms. The van der Waals surface area contributed by atoms with Gasteiger partial charge in [0.1, 0.15) is 0 Å². The normalized spacial score (nSPS) is 17.5. The Bertz CT molecular complexity index is 543. The molecule has 0 saturated heterocycles. The van der Waals surface area contributed by atoms with Gasteiger partial charge in [-0.25, -0.2) is 4.79 Å². The molecular formula is C16H21NO3. The number of rotatable bonds is 2. The molecule has 1 aliphatic rings. The summed E-state index contributed by atoms with van der Waals surface area (Å²) in [5.74, 6) is -0.320. The van der Waals surface area contributed by atoms with Crippen LogP contribution in [0.15, 0.2) is 18.2 Å². The highest BCUT2D eigenvalue weighted by molar-refractivity contribution is 5.90. The second-order valence-electron chi connectivity index (χ2n) is 6.22. The van der Waals surface area contributed by atoms with Crippen LogP contribution in [0.5, 0.6) is 0 Å². The van der Waals surface area contributed by atoms with Crippen molar-refractivity contribution in [3.63, 3.8) is 0 Å². The minimum atomic E-state index is -0.414. The summed E-state index contributed by atoms with van der Waals surface area (Å²) in [5, 5.41) is 3.07. The van der Waals surface area contributed by atoms with E-state index in [0.29, 0.717) is 5.56 Å². The van der Waals surface area contributed by atoms with Crippen LogP contribution in [0, 0.1) is 5.41 Å². The van der Waals surface area contributed by atoms with E-state index in [4.69, 9.17) is 4.74 Å². The summed E-state index contributed by atoms with van der Waals surface area (Å²) in [6, 6.07) is 5.55. The molecule has 0 aromatic heterocycles. The molecule has 0 saturated carbocycles. The number of methoxy groups -OCH3 is 1. The molecule has 1 aromatic rings. The topological polar surface area (TPSA) is 55.4 Å². The minimum absolute atomic E-state index is 0.0127. The molecule has 108 valence electrons. The van der Waals surface area contributed by atoms with Crippen molar-refractivity contribution in [2.75, 3.05) is 7.11 Å². The first kappa shape index (κ1) is 14.6. The number of carbonyl (C=O) groups is 2. The molecule has 1 aromatic carbocycles. The predicted octanol–water partition coefficient (Wildman–Crippen LogP) is 2.62. The summed E-state index contributed by atoms with van der Waals surface area (Å²) in [5.41, 5.74) is 2.34. The average molecular weight is 275 g/mol. The zero-order valence-corrected chi connectivity index (χ0v) is 12.4. The number of benzene rings is 1. The first-order valence-corrected chi connectivity index (χ1v) is 6.85. The highest BCUT2D eigenvalue weighted by Crippen LogP contribution is 2.32. The van der Waals surface area contributed by atoms with E-state index in [9.17, 15) is 9.59 Å². The van der Waals surface area contributed by atoms with E-state index in [0.717, 1.165) is 18.4 Å². The van der Waals surface area contributed by atoms with Crippen molar-refractivity contribution < 1.29 is 14.3 Å². The van der Waals surface area contributed by atoms with Crippen molar-refractivity contribution in [2.24, 2.45) is 5.41 Å². The molecule has 4 heteroatoms. The van der Waals surface area contributed by atoms with Crippen molar-refractivity contribution >= 4 is 11.9 Å². The smallest absolute Gasteiger partial charge is 0.337 e. The summed E-state index contributed by atoms with van der Waals surface area (Å²) >= 11 is 0. The summed E-state index contributed by atoms with van der Waals surface area (Å²) in [7, 11) is 1.37. The molecule has 0 heterocycles. The molecule has 1 N–H and O–H groups in total. The Morgan fingerprint density at radius 2 is 2.00 bits per heavy atom. The number of hydrogen-bond donors (Lipinski definition) is 1. The van der Waals surface area contributed by atoms with Crippen LogP contribution >= 0.6 is 0 Å². The van der Waals surface area contributed by atoms with Gasteiger partial charge in [0.15, 0.2) is 0 Å². The van der Waals surface area contributed by atoms with Gasteiger partial charge in [0.25, 0.3) is 0 Å². The zero-order chi connectivity index (χ0) is 14.9. The van der Waals surface area contributed by atoms with Crippen molar-refractivity contribution in [3.8, 4) is 0 Å². The number of fused-ring (bicyclic) bond motifs is 1. The van der Waals surface area contributed by atoms with Gasteiger partial charge in [-0.05, 0) is 36.1 Å². The Hall–Kier alpha value is -1.84. The van der Waals surface area contributed by atoms with Gasteiger partial charge in [-0.3, -0.25) is 4.79 Å². The molecular weight excluding hydrogens is 254 g/mol. The van der Waals surface area contributed by atoms with Crippen molar-refractivity contribution in [1.29, 1.82) is 0 Å². The van der Waals surface area contributed by atoms with Gasteiger partial charge >= 0.3 is 5.97 Å². The highest BCUT2D eigenvalue weighted by Gasteiger charge is 2.29. The largest absolute Gasteiger partial charge is 0.465 e. The maximum atomic E-state index is 12.1. The molecule has 4 nitrogen and oxygen atoms in total.